The van der Waals surface area contributed by atoms with E-state index in [1.165, 1.54) is 22.4 Å². The van der Waals surface area contributed by atoms with Crippen LogP contribution < -0.4 is 5.56 Å². The van der Waals surface area contributed by atoms with Gasteiger partial charge in [-0.3, -0.25) is 14.6 Å². The monoisotopic (exact) mass is 406 g/mol. The van der Waals surface area contributed by atoms with Crippen LogP contribution >= 0.6 is 11.3 Å². The molecule has 0 bridgehead atoms. The van der Waals surface area contributed by atoms with Gasteiger partial charge in [-0.05, 0) is 30.4 Å². The van der Waals surface area contributed by atoms with Gasteiger partial charge in [-0.1, -0.05) is 42.5 Å². The van der Waals surface area contributed by atoms with Crippen LogP contribution in [-0.2, 0) is 19.4 Å². The normalized spacial score (nSPS) is 18.1. The molecule has 0 amide bonds. The third kappa shape index (κ3) is 4.06. The molecule has 5 rings (SSSR count). The smallest absolute Gasteiger partial charge is 0.259 e. The van der Waals surface area contributed by atoms with Crippen LogP contribution in [0.5, 0.6) is 0 Å². The average molecular weight is 407 g/mol. The molecular weight excluding hydrogens is 380 g/mol. The number of piperazine rings is 1. The summed E-state index contributed by atoms with van der Waals surface area (Å²) in [7, 11) is 0. The zero-order valence-corrected chi connectivity index (χ0v) is 17.4. The lowest BCUT2D eigenvalue weighted by atomic mass is 10.2. The van der Waals surface area contributed by atoms with E-state index in [1.807, 2.05) is 6.07 Å². The molecule has 1 aromatic carbocycles. The number of aromatic nitrogens is 2. The molecule has 3 aromatic rings. The summed E-state index contributed by atoms with van der Waals surface area (Å²) in [5.74, 6) is 0.805. The van der Waals surface area contributed by atoms with Crippen LogP contribution in [0.25, 0.3) is 16.3 Å². The number of nitrogens with one attached hydrogen (secondary N) is 1. The minimum atomic E-state index is 0.0501. The molecule has 0 unspecified atom stereocenters. The van der Waals surface area contributed by atoms with Crippen molar-refractivity contribution in [1.29, 1.82) is 0 Å². The van der Waals surface area contributed by atoms with E-state index in [-0.39, 0.29) is 5.56 Å². The first-order valence-electron chi connectivity index (χ1n) is 10.5. The summed E-state index contributed by atoms with van der Waals surface area (Å²) in [5.41, 5.74) is 2.55. The number of H-pyrrole nitrogens is 1. The standard InChI is InChI=1S/C23H26N4OS/c28-22-21-18-9-4-10-19(18)29-23(21)25-20(24-22)16-27-14-12-26(13-15-27)11-5-8-17-6-2-1-3-7-17/h1-3,5-8H,4,9-16H2,(H,24,25,28)/b8-5+. The van der Waals surface area contributed by atoms with Crippen molar-refractivity contribution in [1.82, 2.24) is 19.8 Å². The number of hydrogen-bond donors (Lipinski definition) is 1. The fourth-order valence-electron chi connectivity index (χ4n) is 4.37. The Morgan fingerprint density at radius 3 is 2.69 bits per heavy atom. The number of thiophene rings is 1. The molecule has 1 aliphatic heterocycles. The van der Waals surface area contributed by atoms with E-state index in [1.54, 1.807) is 11.3 Å². The number of fused-ring (bicyclic) bond motifs is 3. The van der Waals surface area contributed by atoms with Gasteiger partial charge in [-0.25, -0.2) is 4.98 Å². The van der Waals surface area contributed by atoms with E-state index < -0.39 is 0 Å². The van der Waals surface area contributed by atoms with Gasteiger partial charge in [-0.2, -0.15) is 0 Å². The third-order valence-corrected chi connectivity index (χ3v) is 7.12. The van der Waals surface area contributed by atoms with Gasteiger partial charge in [0.2, 0.25) is 0 Å². The molecule has 2 aromatic heterocycles. The number of nitrogens with zero attached hydrogens (tertiary/aromatic N) is 3. The molecule has 0 saturated carbocycles. The van der Waals surface area contributed by atoms with Crippen LogP contribution in [0, 0.1) is 0 Å². The van der Waals surface area contributed by atoms with Crippen molar-refractivity contribution in [2.45, 2.75) is 25.8 Å². The fraction of sp³-hybridized carbons (Fsp3) is 0.391. The molecule has 3 heterocycles. The minimum Gasteiger partial charge on any atom is -0.309 e. The van der Waals surface area contributed by atoms with Crippen LogP contribution in [0.4, 0.5) is 0 Å². The van der Waals surface area contributed by atoms with E-state index in [2.05, 4.69) is 51.2 Å². The van der Waals surface area contributed by atoms with Crippen LogP contribution in [0.3, 0.4) is 0 Å². The highest BCUT2D eigenvalue weighted by Gasteiger charge is 2.22. The van der Waals surface area contributed by atoms with Gasteiger partial charge >= 0.3 is 0 Å². The van der Waals surface area contributed by atoms with Gasteiger partial charge in [0.25, 0.3) is 5.56 Å². The summed E-state index contributed by atoms with van der Waals surface area (Å²) in [4.78, 5) is 27.6. The highest BCUT2D eigenvalue weighted by atomic mass is 32.1. The molecule has 5 nitrogen and oxygen atoms in total. The molecule has 0 atom stereocenters. The Balaban J connectivity index is 1.18. The minimum absolute atomic E-state index is 0.0501. The molecule has 1 N–H and O–H groups in total. The van der Waals surface area contributed by atoms with Crippen LogP contribution in [0.15, 0.2) is 41.2 Å². The van der Waals surface area contributed by atoms with E-state index in [9.17, 15) is 4.79 Å². The Morgan fingerprint density at radius 2 is 1.86 bits per heavy atom. The van der Waals surface area contributed by atoms with E-state index >= 15 is 0 Å². The van der Waals surface area contributed by atoms with Crippen molar-refractivity contribution >= 4 is 27.6 Å². The number of aryl methyl sites for hydroxylation is 2. The number of aromatic amines is 1. The Kier molecular flexibility index (Phi) is 5.31. The summed E-state index contributed by atoms with van der Waals surface area (Å²) < 4.78 is 0. The van der Waals surface area contributed by atoms with E-state index in [0.717, 1.165) is 68.2 Å². The average Bonchev–Trinajstić information content (AvgIpc) is 3.31. The number of rotatable bonds is 5. The Hall–Kier alpha value is -2.28. The lowest BCUT2D eigenvalue weighted by Crippen LogP contribution is -2.46. The maximum absolute atomic E-state index is 12.6. The Labute approximate surface area is 174 Å². The van der Waals surface area contributed by atoms with Crippen molar-refractivity contribution in [3.05, 3.63) is 68.6 Å². The SMILES string of the molecule is O=c1[nH]c(CN2CCN(C/C=C/c3ccccc3)CC2)nc2sc3c(c12)CCC3. The second kappa shape index (κ2) is 8.22. The van der Waals surface area contributed by atoms with Crippen molar-refractivity contribution in [3.8, 4) is 0 Å². The van der Waals surface area contributed by atoms with Gasteiger partial charge in [-0.15, -0.1) is 11.3 Å². The largest absolute Gasteiger partial charge is 0.309 e. The zero-order valence-electron chi connectivity index (χ0n) is 16.6. The summed E-state index contributed by atoms with van der Waals surface area (Å²) >= 11 is 1.72. The molecule has 29 heavy (non-hydrogen) atoms. The summed E-state index contributed by atoms with van der Waals surface area (Å²) in [5, 5.41) is 0.848. The van der Waals surface area contributed by atoms with Crippen LogP contribution in [0.1, 0.15) is 28.2 Å². The lowest BCUT2D eigenvalue weighted by Gasteiger charge is -2.33. The summed E-state index contributed by atoms with van der Waals surface area (Å²) in [6.07, 6.45) is 7.73. The molecule has 1 saturated heterocycles. The lowest BCUT2D eigenvalue weighted by molar-refractivity contribution is 0.134. The topological polar surface area (TPSA) is 52.2 Å². The second-order valence-corrected chi connectivity index (χ2v) is 9.02. The van der Waals surface area contributed by atoms with E-state index in [0.29, 0.717) is 0 Å². The van der Waals surface area contributed by atoms with Crippen molar-refractivity contribution in [3.63, 3.8) is 0 Å². The fourth-order valence-corrected chi connectivity index (χ4v) is 5.65. The quantitative estimate of drug-likeness (QED) is 0.706. The second-order valence-electron chi connectivity index (χ2n) is 7.94. The Bertz CT molecular complexity index is 1080. The van der Waals surface area contributed by atoms with E-state index in [4.69, 9.17) is 4.98 Å². The molecule has 1 aliphatic carbocycles. The number of hydrogen-bond acceptors (Lipinski definition) is 5. The molecule has 6 heteroatoms. The zero-order chi connectivity index (χ0) is 19.6. The van der Waals surface area contributed by atoms with Crippen LogP contribution in [-0.4, -0.2) is 52.5 Å². The van der Waals surface area contributed by atoms with Gasteiger partial charge in [0.15, 0.2) is 0 Å². The molecule has 0 radical (unpaired) electrons. The predicted octanol–water partition coefficient (Wildman–Crippen LogP) is 3.30. The Morgan fingerprint density at radius 1 is 1.07 bits per heavy atom. The maximum atomic E-state index is 12.6. The first-order valence-corrected chi connectivity index (χ1v) is 11.3. The van der Waals surface area contributed by atoms with Crippen molar-refractivity contribution < 1.29 is 0 Å². The highest BCUT2D eigenvalue weighted by molar-refractivity contribution is 7.18. The van der Waals surface area contributed by atoms with Gasteiger partial charge in [0, 0.05) is 37.6 Å². The summed E-state index contributed by atoms with van der Waals surface area (Å²) in [6.45, 7) is 5.79. The molecular formula is C23H26N4OS. The number of benzene rings is 1. The maximum Gasteiger partial charge on any atom is 0.259 e. The van der Waals surface area contributed by atoms with Gasteiger partial charge in [0.05, 0.1) is 11.9 Å². The molecule has 1 fully saturated rings. The summed E-state index contributed by atoms with van der Waals surface area (Å²) in [6, 6.07) is 10.4. The molecule has 2 aliphatic rings. The van der Waals surface area contributed by atoms with Gasteiger partial charge < -0.3 is 4.98 Å². The highest BCUT2D eigenvalue weighted by Crippen LogP contribution is 2.34. The van der Waals surface area contributed by atoms with Crippen LogP contribution in [0.2, 0.25) is 0 Å². The molecule has 150 valence electrons. The van der Waals surface area contributed by atoms with Crippen molar-refractivity contribution in [2.24, 2.45) is 0 Å². The van der Waals surface area contributed by atoms with Crippen molar-refractivity contribution in [2.75, 3.05) is 32.7 Å². The third-order valence-electron chi connectivity index (χ3n) is 5.94. The molecule has 0 spiro atoms. The first-order chi connectivity index (χ1) is 14.3. The predicted molar refractivity (Wildman–Crippen MR) is 119 cm³/mol. The first kappa shape index (κ1) is 18.7. The van der Waals surface area contributed by atoms with Gasteiger partial charge in [0.1, 0.15) is 10.7 Å².